The summed E-state index contributed by atoms with van der Waals surface area (Å²) in [6.07, 6.45) is 3.56. The Morgan fingerprint density at radius 3 is 2.33 bits per heavy atom. The first-order chi connectivity index (χ1) is 5.59. The highest BCUT2D eigenvalue weighted by Crippen LogP contribution is 2.01. The number of hydrogen-bond acceptors (Lipinski definition) is 1. The quantitative estimate of drug-likeness (QED) is 0.376. The van der Waals surface area contributed by atoms with Gasteiger partial charge < -0.3 is 10.6 Å². The van der Waals surface area contributed by atoms with Crippen LogP contribution in [0.1, 0.15) is 40.0 Å². The molecule has 0 aromatic carbocycles. The van der Waals surface area contributed by atoms with Crippen LogP contribution in [0.15, 0.2) is 0 Å². The maximum absolute atomic E-state index is 7.32. The molecule has 0 spiro atoms. The normalized spacial score (nSPS) is 10.3. The molecule has 0 bridgehead atoms. The molecule has 0 unspecified atom stereocenters. The summed E-state index contributed by atoms with van der Waals surface area (Å²) in [6, 6.07) is 0.347. The van der Waals surface area contributed by atoms with Crippen molar-refractivity contribution in [2.45, 2.75) is 46.1 Å². The Bertz CT molecular complexity index is 132. The van der Waals surface area contributed by atoms with E-state index in [1.807, 2.05) is 4.90 Å². The summed E-state index contributed by atoms with van der Waals surface area (Å²) in [7, 11) is 0. The van der Waals surface area contributed by atoms with Crippen LogP contribution in [0, 0.1) is 5.41 Å². The average molecular weight is 171 g/mol. The molecule has 3 N–H and O–H groups in total. The predicted octanol–water partition coefficient (Wildman–Crippen LogP) is 1.78. The van der Waals surface area contributed by atoms with Gasteiger partial charge in [0.25, 0.3) is 0 Å². The van der Waals surface area contributed by atoms with Crippen LogP contribution in [0.4, 0.5) is 0 Å². The van der Waals surface area contributed by atoms with Crippen molar-refractivity contribution in [1.29, 1.82) is 5.41 Å². The van der Waals surface area contributed by atoms with Gasteiger partial charge in [-0.2, -0.15) is 0 Å². The fourth-order valence-corrected chi connectivity index (χ4v) is 1.19. The van der Waals surface area contributed by atoms with E-state index >= 15 is 0 Å². The van der Waals surface area contributed by atoms with Crippen molar-refractivity contribution in [3.8, 4) is 0 Å². The molecule has 0 aliphatic carbocycles. The zero-order valence-electron chi connectivity index (χ0n) is 8.43. The van der Waals surface area contributed by atoms with Crippen LogP contribution in [-0.2, 0) is 0 Å². The zero-order chi connectivity index (χ0) is 9.56. The molecule has 0 amide bonds. The minimum Gasteiger partial charge on any atom is -0.370 e. The van der Waals surface area contributed by atoms with E-state index in [0.717, 1.165) is 13.0 Å². The average Bonchev–Trinajstić information content (AvgIpc) is 1.96. The number of unbranched alkanes of at least 4 members (excludes halogenated alkanes) is 2. The first-order valence-electron chi connectivity index (χ1n) is 4.70. The lowest BCUT2D eigenvalue weighted by molar-refractivity contribution is 0.335. The summed E-state index contributed by atoms with van der Waals surface area (Å²) in [5.41, 5.74) is 5.43. The Hall–Kier alpha value is -0.730. The summed E-state index contributed by atoms with van der Waals surface area (Å²) >= 11 is 0. The molecule has 0 atom stereocenters. The maximum Gasteiger partial charge on any atom is 0.188 e. The van der Waals surface area contributed by atoms with Crippen molar-refractivity contribution in [2.75, 3.05) is 6.54 Å². The molecule has 0 aliphatic rings. The van der Waals surface area contributed by atoms with E-state index in [1.54, 1.807) is 0 Å². The van der Waals surface area contributed by atoms with Gasteiger partial charge in [-0.3, -0.25) is 5.41 Å². The van der Waals surface area contributed by atoms with Gasteiger partial charge in [-0.1, -0.05) is 19.8 Å². The van der Waals surface area contributed by atoms with E-state index in [-0.39, 0.29) is 5.96 Å². The van der Waals surface area contributed by atoms with Crippen molar-refractivity contribution >= 4 is 5.96 Å². The van der Waals surface area contributed by atoms with Gasteiger partial charge in [-0.15, -0.1) is 0 Å². The minimum atomic E-state index is 0.195. The lowest BCUT2D eigenvalue weighted by Gasteiger charge is -2.26. The van der Waals surface area contributed by atoms with Gasteiger partial charge in [0, 0.05) is 12.6 Å². The maximum atomic E-state index is 7.32. The molecular weight excluding hydrogens is 150 g/mol. The van der Waals surface area contributed by atoms with Gasteiger partial charge in [-0.25, -0.2) is 0 Å². The van der Waals surface area contributed by atoms with Crippen LogP contribution < -0.4 is 5.73 Å². The van der Waals surface area contributed by atoms with Gasteiger partial charge in [0.1, 0.15) is 0 Å². The molecule has 0 saturated heterocycles. The van der Waals surface area contributed by atoms with Crippen LogP contribution >= 0.6 is 0 Å². The second kappa shape index (κ2) is 5.86. The third kappa shape index (κ3) is 4.21. The van der Waals surface area contributed by atoms with Crippen molar-refractivity contribution in [1.82, 2.24) is 4.90 Å². The summed E-state index contributed by atoms with van der Waals surface area (Å²) in [6.45, 7) is 7.22. The monoisotopic (exact) mass is 171 g/mol. The smallest absolute Gasteiger partial charge is 0.188 e. The molecule has 0 heterocycles. The Morgan fingerprint density at radius 2 is 2.00 bits per heavy atom. The van der Waals surface area contributed by atoms with Crippen LogP contribution in [0.3, 0.4) is 0 Å². The third-order valence-electron chi connectivity index (χ3n) is 1.94. The van der Waals surface area contributed by atoms with Gasteiger partial charge in [0.05, 0.1) is 0 Å². The molecule has 72 valence electrons. The number of nitrogens with two attached hydrogens (primary N) is 1. The Kier molecular flexibility index (Phi) is 5.51. The van der Waals surface area contributed by atoms with E-state index in [4.69, 9.17) is 11.1 Å². The van der Waals surface area contributed by atoms with E-state index in [9.17, 15) is 0 Å². The van der Waals surface area contributed by atoms with Crippen LogP contribution in [0.5, 0.6) is 0 Å². The Balaban J connectivity index is 3.72. The molecular formula is C9H21N3. The first-order valence-corrected chi connectivity index (χ1v) is 4.70. The fraction of sp³-hybridized carbons (Fsp3) is 0.889. The summed E-state index contributed by atoms with van der Waals surface area (Å²) in [4.78, 5) is 1.93. The van der Waals surface area contributed by atoms with E-state index in [2.05, 4.69) is 20.8 Å². The number of hydrogen-bond donors (Lipinski definition) is 2. The molecule has 0 fully saturated rings. The second-order valence-electron chi connectivity index (χ2n) is 3.38. The van der Waals surface area contributed by atoms with Gasteiger partial charge in [0.15, 0.2) is 5.96 Å². The van der Waals surface area contributed by atoms with Crippen molar-refractivity contribution in [3.05, 3.63) is 0 Å². The second-order valence-corrected chi connectivity index (χ2v) is 3.38. The van der Waals surface area contributed by atoms with E-state index < -0.39 is 0 Å². The molecule has 0 saturated carbocycles. The summed E-state index contributed by atoms with van der Waals surface area (Å²) < 4.78 is 0. The van der Waals surface area contributed by atoms with E-state index in [1.165, 1.54) is 12.8 Å². The van der Waals surface area contributed by atoms with Crippen LogP contribution in [0.25, 0.3) is 0 Å². The summed E-state index contributed by atoms with van der Waals surface area (Å²) in [5.74, 6) is 0.195. The topological polar surface area (TPSA) is 53.1 Å². The largest absolute Gasteiger partial charge is 0.370 e. The molecule has 3 heteroatoms. The molecule has 0 radical (unpaired) electrons. The highest BCUT2D eigenvalue weighted by Gasteiger charge is 2.08. The lowest BCUT2D eigenvalue weighted by Crippen LogP contribution is -2.41. The molecule has 0 rings (SSSR count). The molecule has 12 heavy (non-hydrogen) atoms. The Morgan fingerprint density at radius 1 is 1.42 bits per heavy atom. The SMILES string of the molecule is CCCCCN(C(=N)N)C(C)C. The predicted molar refractivity (Wildman–Crippen MR) is 53.3 cm³/mol. The fourth-order valence-electron chi connectivity index (χ4n) is 1.19. The summed E-state index contributed by atoms with van der Waals surface area (Å²) in [5, 5.41) is 7.32. The van der Waals surface area contributed by atoms with E-state index in [0.29, 0.717) is 6.04 Å². The Labute approximate surface area is 75.4 Å². The van der Waals surface area contributed by atoms with Crippen LogP contribution in [-0.4, -0.2) is 23.4 Å². The molecule has 0 aliphatic heterocycles. The third-order valence-corrected chi connectivity index (χ3v) is 1.94. The van der Waals surface area contributed by atoms with Gasteiger partial charge in [-0.05, 0) is 20.3 Å². The molecule has 0 aromatic rings. The number of guanidine groups is 1. The van der Waals surface area contributed by atoms with Gasteiger partial charge in [0.2, 0.25) is 0 Å². The number of rotatable bonds is 5. The first kappa shape index (κ1) is 11.3. The van der Waals surface area contributed by atoms with Gasteiger partial charge >= 0.3 is 0 Å². The lowest BCUT2D eigenvalue weighted by atomic mass is 10.2. The van der Waals surface area contributed by atoms with Crippen molar-refractivity contribution < 1.29 is 0 Å². The number of nitrogens with zero attached hydrogens (tertiary/aromatic N) is 1. The minimum absolute atomic E-state index is 0.195. The zero-order valence-corrected chi connectivity index (χ0v) is 8.43. The highest BCUT2D eigenvalue weighted by molar-refractivity contribution is 5.74. The molecule has 0 aromatic heterocycles. The highest BCUT2D eigenvalue weighted by atomic mass is 15.2. The number of nitrogens with one attached hydrogen (secondary N) is 1. The van der Waals surface area contributed by atoms with Crippen molar-refractivity contribution in [2.24, 2.45) is 5.73 Å². The standard InChI is InChI=1S/C9H21N3/c1-4-5-6-7-12(8(2)3)9(10)11/h8H,4-7H2,1-3H3,(H3,10,11). The van der Waals surface area contributed by atoms with Crippen molar-refractivity contribution in [3.63, 3.8) is 0 Å². The molecule has 3 nitrogen and oxygen atoms in total. The van der Waals surface area contributed by atoms with Crippen LogP contribution in [0.2, 0.25) is 0 Å².